The number of benzene rings is 1. The predicted molar refractivity (Wildman–Crippen MR) is 72.1 cm³/mol. The molecular formula is C14H14F3N3O3. The van der Waals surface area contributed by atoms with Crippen molar-refractivity contribution in [3.05, 3.63) is 46.9 Å². The fourth-order valence-electron chi connectivity index (χ4n) is 1.77. The monoisotopic (exact) mass is 329 g/mol. The van der Waals surface area contributed by atoms with Crippen molar-refractivity contribution in [1.29, 1.82) is 0 Å². The van der Waals surface area contributed by atoms with E-state index in [1.807, 2.05) is 0 Å². The van der Waals surface area contributed by atoms with E-state index < -0.39 is 35.0 Å². The van der Waals surface area contributed by atoms with Gasteiger partial charge in [0.25, 0.3) is 5.91 Å². The van der Waals surface area contributed by atoms with Crippen LogP contribution < -0.4 is 5.32 Å². The molecule has 1 aromatic heterocycles. The van der Waals surface area contributed by atoms with E-state index in [9.17, 15) is 18.0 Å². The number of halogens is 3. The van der Waals surface area contributed by atoms with Crippen molar-refractivity contribution in [3.8, 4) is 0 Å². The maximum absolute atomic E-state index is 13.5. The number of hydrogen-bond acceptors (Lipinski definition) is 5. The number of nitrogens with zero attached hydrogens (tertiary/aromatic N) is 2. The number of carbonyl (C=O) groups excluding carboxylic acids is 1. The summed E-state index contributed by atoms with van der Waals surface area (Å²) in [7, 11) is 1.53. The molecular weight excluding hydrogens is 315 g/mol. The third-order valence-corrected chi connectivity index (χ3v) is 2.99. The Morgan fingerprint density at radius 2 is 2.00 bits per heavy atom. The summed E-state index contributed by atoms with van der Waals surface area (Å²) in [6.07, 6.45) is 0.429. The van der Waals surface area contributed by atoms with Crippen LogP contribution in [0.3, 0.4) is 0 Å². The highest BCUT2D eigenvalue weighted by Crippen LogP contribution is 2.16. The molecule has 1 aromatic carbocycles. The van der Waals surface area contributed by atoms with Gasteiger partial charge in [0.2, 0.25) is 5.89 Å². The van der Waals surface area contributed by atoms with Crippen LogP contribution in [0.4, 0.5) is 13.2 Å². The lowest BCUT2D eigenvalue weighted by molar-refractivity contribution is 0.0927. The quantitative estimate of drug-likeness (QED) is 0.822. The Morgan fingerprint density at radius 3 is 2.70 bits per heavy atom. The molecule has 0 spiro atoms. The Bertz CT molecular complexity index is 706. The maximum atomic E-state index is 13.5. The van der Waals surface area contributed by atoms with Crippen molar-refractivity contribution in [2.45, 2.75) is 19.4 Å². The summed E-state index contributed by atoms with van der Waals surface area (Å²) in [6, 6.07) is 0.0634. The second kappa shape index (κ2) is 7.23. The topological polar surface area (TPSA) is 77.3 Å². The molecule has 1 N–H and O–H groups in total. The van der Waals surface area contributed by atoms with Crippen LogP contribution in [0, 0.1) is 17.5 Å². The van der Waals surface area contributed by atoms with Crippen molar-refractivity contribution in [2.24, 2.45) is 0 Å². The summed E-state index contributed by atoms with van der Waals surface area (Å²) in [5.74, 6) is -4.28. The molecule has 0 fully saturated rings. The first-order valence-corrected chi connectivity index (χ1v) is 6.69. The van der Waals surface area contributed by atoms with Gasteiger partial charge in [-0.2, -0.15) is 4.98 Å². The van der Waals surface area contributed by atoms with Gasteiger partial charge in [-0.25, -0.2) is 13.2 Å². The zero-order valence-electron chi connectivity index (χ0n) is 12.4. The molecule has 2 rings (SSSR count). The summed E-state index contributed by atoms with van der Waals surface area (Å²) >= 11 is 0. The minimum absolute atomic E-state index is 0.104. The molecule has 1 amide bonds. The van der Waals surface area contributed by atoms with Gasteiger partial charge in [0.05, 0.1) is 12.2 Å². The van der Waals surface area contributed by atoms with E-state index in [1.54, 1.807) is 0 Å². The molecule has 1 heterocycles. The van der Waals surface area contributed by atoms with Gasteiger partial charge in [-0.3, -0.25) is 4.79 Å². The lowest BCUT2D eigenvalue weighted by Gasteiger charge is -2.10. The van der Waals surface area contributed by atoms with E-state index in [2.05, 4.69) is 15.5 Å². The maximum Gasteiger partial charge on any atom is 0.255 e. The molecule has 1 unspecified atom stereocenters. The SMILES string of the molecule is COCCc1noc(C(C)NC(=O)c2cc(F)c(F)cc2F)n1. The molecule has 1 atom stereocenters. The standard InChI is InChI=1S/C14H14F3N3O3/c1-7(14-19-12(20-23-14)3-4-22-2)18-13(21)8-5-10(16)11(17)6-9(8)15/h5-7H,3-4H2,1-2H3,(H,18,21). The molecule has 0 aliphatic heterocycles. The summed E-state index contributed by atoms with van der Waals surface area (Å²) in [6.45, 7) is 1.93. The number of ether oxygens (including phenoxy) is 1. The van der Waals surface area contributed by atoms with Crippen LogP contribution in [-0.2, 0) is 11.2 Å². The highest BCUT2D eigenvalue weighted by Gasteiger charge is 2.21. The van der Waals surface area contributed by atoms with Gasteiger partial charge in [-0.05, 0) is 13.0 Å². The Labute approximate surface area is 129 Å². The number of rotatable bonds is 6. The van der Waals surface area contributed by atoms with E-state index in [4.69, 9.17) is 9.26 Å². The Kier molecular flexibility index (Phi) is 5.32. The zero-order chi connectivity index (χ0) is 17.0. The highest BCUT2D eigenvalue weighted by atomic mass is 19.2. The average molecular weight is 329 g/mol. The predicted octanol–water partition coefficient (Wildman–Crippen LogP) is 2.17. The first-order valence-electron chi connectivity index (χ1n) is 6.69. The second-order valence-electron chi connectivity index (χ2n) is 4.73. The minimum Gasteiger partial charge on any atom is -0.384 e. The smallest absolute Gasteiger partial charge is 0.255 e. The lowest BCUT2D eigenvalue weighted by atomic mass is 10.1. The second-order valence-corrected chi connectivity index (χ2v) is 4.73. The third-order valence-electron chi connectivity index (χ3n) is 2.99. The third kappa shape index (κ3) is 4.07. The van der Waals surface area contributed by atoms with Gasteiger partial charge in [0, 0.05) is 19.6 Å². The van der Waals surface area contributed by atoms with Crippen molar-refractivity contribution in [3.63, 3.8) is 0 Å². The van der Waals surface area contributed by atoms with Crippen molar-refractivity contribution in [2.75, 3.05) is 13.7 Å². The van der Waals surface area contributed by atoms with Crippen LogP contribution in [-0.4, -0.2) is 29.8 Å². The zero-order valence-corrected chi connectivity index (χ0v) is 12.4. The molecule has 0 saturated heterocycles. The normalized spacial score (nSPS) is 12.2. The van der Waals surface area contributed by atoms with Gasteiger partial charge in [0.1, 0.15) is 11.9 Å². The molecule has 0 aliphatic carbocycles. The molecule has 124 valence electrons. The van der Waals surface area contributed by atoms with E-state index in [0.29, 0.717) is 31.0 Å². The summed E-state index contributed by atoms with van der Waals surface area (Å²) in [5, 5.41) is 6.07. The van der Waals surface area contributed by atoms with Gasteiger partial charge in [-0.15, -0.1) is 0 Å². The number of hydrogen-bond donors (Lipinski definition) is 1. The molecule has 6 nitrogen and oxygen atoms in total. The van der Waals surface area contributed by atoms with Crippen molar-refractivity contribution in [1.82, 2.24) is 15.5 Å². The number of nitrogens with one attached hydrogen (secondary N) is 1. The molecule has 0 radical (unpaired) electrons. The molecule has 2 aromatic rings. The molecule has 23 heavy (non-hydrogen) atoms. The Hall–Kier alpha value is -2.42. The van der Waals surface area contributed by atoms with Crippen LogP contribution in [0.25, 0.3) is 0 Å². The van der Waals surface area contributed by atoms with Gasteiger partial charge < -0.3 is 14.6 Å². The molecule has 0 bridgehead atoms. The van der Waals surface area contributed by atoms with E-state index in [-0.39, 0.29) is 5.89 Å². The van der Waals surface area contributed by atoms with Crippen molar-refractivity contribution >= 4 is 5.91 Å². The molecule has 9 heteroatoms. The Morgan fingerprint density at radius 1 is 1.30 bits per heavy atom. The van der Waals surface area contributed by atoms with Crippen molar-refractivity contribution < 1.29 is 27.2 Å². The number of carbonyl (C=O) groups is 1. The average Bonchev–Trinajstić information content (AvgIpc) is 2.97. The van der Waals surface area contributed by atoms with Gasteiger partial charge in [-0.1, -0.05) is 5.16 Å². The number of methoxy groups -OCH3 is 1. The summed E-state index contributed by atoms with van der Waals surface area (Å²) < 4.78 is 49.4. The van der Waals surface area contributed by atoms with Crippen LogP contribution in [0.2, 0.25) is 0 Å². The highest BCUT2D eigenvalue weighted by molar-refractivity contribution is 5.94. The van der Waals surface area contributed by atoms with Crippen LogP contribution in [0.5, 0.6) is 0 Å². The van der Waals surface area contributed by atoms with Gasteiger partial charge in [0.15, 0.2) is 17.5 Å². The fourth-order valence-corrected chi connectivity index (χ4v) is 1.77. The number of amides is 1. The fraction of sp³-hybridized carbons (Fsp3) is 0.357. The van der Waals surface area contributed by atoms with Crippen LogP contribution >= 0.6 is 0 Å². The first kappa shape index (κ1) is 16.9. The molecule has 0 aliphatic rings. The lowest BCUT2D eigenvalue weighted by Crippen LogP contribution is -2.28. The molecule has 0 saturated carbocycles. The van der Waals surface area contributed by atoms with Crippen LogP contribution in [0.15, 0.2) is 16.7 Å². The summed E-state index contributed by atoms with van der Waals surface area (Å²) in [4.78, 5) is 16.0. The first-order chi connectivity index (χ1) is 10.9. The van der Waals surface area contributed by atoms with E-state index in [0.717, 1.165) is 0 Å². The van der Waals surface area contributed by atoms with E-state index in [1.165, 1.54) is 14.0 Å². The summed E-state index contributed by atoms with van der Waals surface area (Å²) in [5.41, 5.74) is -0.616. The number of aromatic nitrogens is 2. The van der Waals surface area contributed by atoms with Crippen LogP contribution in [0.1, 0.15) is 35.0 Å². The largest absolute Gasteiger partial charge is 0.384 e. The minimum atomic E-state index is -1.37. The van der Waals surface area contributed by atoms with Gasteiger partial charge >= 0.3 is 0 Å². The Balaban J connectivity index is 2.07. The van der Waals surface area contributed by atoms with E-state index >= 15 is 0 Å².